The molecule has 0 aliphatic rings. The van der Waals surface area contributed by atoms with Crippen LogP contribution in [0.15, 0.2) is 35.1 Å². The van der Waals surface area contributed by atoms with Crippen molar-refractivity contribution in [1.29, 1.82) is 0 Å². The lowest BCUT2D eigenvalue weighted by Gasteiger charge is -2.07. The highest BCUT2D eigenvalue weighted by molar-refractivity contribution is 6.37. The van der Waals surface area contributed by atoms with Crippen molar-refractivity contribution < 1.29 is 14.3 Å². The molecule has 2 rings (SSSR count). The molecule has 1 heterocycles. The highest BCUT2D eigenvalue weighted by Crippen LogP contribution is 2.13. The number of nitrogens with zero attached hydrogens (tertiary/aromatic N) is 2. The Morgan fingerprint density at radius 2 is 1.86 bits per heavy atom. The highest BCUT2D eigenvalue weighted by atomic mass is 16.5. The fourth-order valence-corrected chi connectivity index (χ4v) is 2.07. The van der Waals surface area contributed by atoms with Gasteiger partial charge in [-0.05, 0) is 26.0 Å². The van der Waals surface area contributed by atoms with E-state index in [1.807, 2.05) is 6.07 Å². The van der Waals surface area contributed by atoms with Crippen molar-refractivity contribution in [2.75, 3.05) is 11.9 Å². The van der Waals surface area contributed by atoms with E-state index >= 15 is 0 Å². The number of esters is 1. The summed E-state index contributed by atoms with van der Waals surface area (Å²) in [5, 5.41) is 2.33. The molecule has 0 fully saturated rings. The molecule has 1 aromatic heterocycles. The molecule has 0 atom stereocenters. The summed E-state index contributed by atoms with van der Waals surface area (Å²) >= 11 is 0. The average molecular weight is 303 g/mol. The number of carbonyl (C=O) groups is 2. The van der Waals surface area contributed by atoms with E-state index in [4.69, 9.17) is 0 Å². The minimum atomic E-state index is -1.02. The lowest BCUT2D eigenvalue weighted by Crippen LogP contribution is -2.28. The summed E-state index contributed by atoms with van der Waals surface area (Å²) in [6.07, 6.45) is 0. The van der Waals surface area contributed by atoms with Gasteiger partial charge in [-0.1, -0.05) is 18.2 Å². The molecule has 7 nitrogen and oxygen atoms in total. The molecule has 0 radical (unpaired) electrons. The summed E-state index contributed by atoms with van der Waals surface area (Å²) in [5.41, 5.74) is 0.842. The first-order valence-electron chi connectivity index (χ1n) is 6.79. The molecule has 1 aromatic carbocycles. The van der Waals surface area contributed by atoms with Crippen LogP contribution in [0.2, 0.25) is 0 Å². The van der Waals surface area contributed by atoms with Gasteiger partial charge in [0, 0.05) is 7.05 Å². The van der Waals surface area contributed by atoms with Gasteiger partial charge in [0.2, 0.25) is 0 Å². The van der Waals surface area contributed by atoms with E-state index in [9.17, 15) is 14.4 Å². The molecule has 116 valence electrons. The van der Waals surface area contributed by atoms with Crippen LogP contribution in [0.5, 0.6) is 0 Å². The third-order valence-corrected chi connectivity index (χ3v) is 3.25. The first-order valence-corrected chi connectivity index (χ1v) is 6.79. The molecule has 22 heavy (non-hydrogen) atoms. The number of anilines is 1. The molecule has 0 saturated heterocycles. The number of benzene rings is 1. The van der Waals surface area contributed by atoms with Gasteiger partial charge < -0.3 is 10.1 Å². The van der Waals surface area contributed by atoms with Crippen LogP contribution in [0.3, 0.4) is 0 Å². The van der Waals surface area contributed by atoms with Gasteiger partial charge in [-0.2, -0.15) is 0 Å². The number of para-hydroxylation sites is 1. The predicted molar refractivity (Wildman–Crippen MR) is 81.0 cm³/mol. The minimum Gasteiger partial charge on any atom is -0.459 e. The topological polar surface area (TPSA) is 82.3 Å². The van der Waals surface area contributed by atoms with Crippen LogP contribution < -0.4 is 10.9 Å². The van der Waals surface area contributed by atoms with Crippen molar-refractivity contribution in [3.05, 3.63) is 46.4 Å². The molecule has 0 aliphatic heterocycles. The number of ether oxygens (including phenoxy) is 1. The predicted octanol–water partition coefficient (Wildman–Crippen LogP) is 0.986. The van der Waals surface area contributed by atoms with Crippen LogP contribution >= 0.6 is 0 Å². The Morgan fingerprint density at radius 1 is 1.23 bits per heavy atom. The van der Waals surface area contributed by atoms with Gasteiger partial charge in [0.25, 0.3) is 5.56 Å². The molecule has 2 aromatic rings. The molecule has 0 saturated carbocycles. The Balaban J connectivity index is 2.41. The fraction of sp³-hybridized carbons (Fsp3) is 0.267. The van der Waals surface area contributed by atoms with Crippen molar-refractivity contribution in [2.45, 2.75) is 13.8 Å². The molecule has 1 N–H and O–H groups in total. The van der Waals surface area contributed by atoms with Gasteiger partial charge in [-0.3, -0.25) is 14.3 Å². The van der Waals surface area contributed by atoms with E-state index in [0.717, 1.165) is 0 Å². The number of nitrogens with one attached hydrogen (secondary N) is 1. The van der Waals surface area contributed by atoms with Crippen molar-refractivity contribution in [3.63, 3.8) is 0 Å². The van der Waals surface area contributed by atoms with Crippen molar-refractivity contribution >= 4 is 17.6 Å². The SMILES string of the molecule is CCOC(=O)C(=O)Nc1c(C)n(C)n(-c2ccccc2)c1=O. The van der Waals surface area contributed by atoms with E-state index < -0.39 is 17.4 Å². The van der Waals surface area contributed by atoms with Crippen LogP contribution in [0.25, 0.3) is 5.69 Å². The van der Waals surface area contributed by atoms with Crippen LogP contribution in [-0.2, 0) is 21.4 Å². The standard InChI is InChI=1S/C15H17N3O4/c1-4-22-15(21)13(19)16-12-10(2)17(3)18(14(12)20)11-8-6-5-7-9-11/h5-9H,4H2,1-3H3,(H,16,19). The van der Waals surface area contributed by atoms with Gasteiger partial charge in [0.05, 0.1) is 18.0 Å². The smallest absolute Gasteiger partial charge is 0.397 e. The van der Waals surface area contributed by atoms with E-state index in [2.05, 4.69) is 10.1 Å². The lowest BCUT2D eigenvalue weighted by atomic mass is 10.3. The largest absolute Gasteiger partial charge is 0.459 e. The van der Waals surface area contributed by atoms with Crippen molar-refractivity contribution in [1.82, 2.24) is 9.36 Å². The summed E-state index contributed by atoms with van der Waals surface area (Å²) in [4.78, 5) is 35.6. The first-order chi connectivity index (χ1) is 10.5. The minimum absolute atomic E-state index is 0.0596. The third kappa shape index (κ3) is 2.78. The molecule has 0 aliphatic carbocycles. The Hall–Kier alpha value is -2.83. The Bertz CT molecular complexity index is 759. The number of carbonyl (C=O) groups excluding carboxylic acids is 2. The van der Waals surface area contributed by atoms with E-state index in [1.165, 1.54) is 4.68 Å². The van der Waals surface area contributed by atoms with Crippen LogP contribution in [0.4, 0.5) is 5.69 Å². The summed E-state index contributed by atoms with van der Waals surface area (Å²) in [6, 6.07) is 9.01. The van der Waals surface area contributed by atoms with Gasteiger partial charge in [-0.25, -0.2) is 9.48 Å². The Kier molecular flexibility index (Phi) is 4.45. The van der Waals surface area contributed by atoms with Gasteiger partial charge >= 0.3 is 11.9 Å². The third-order valence-electron chi connectivity index (χ3n) is 3.25. The normalized spacial score (nSPS) is 10.3. The zero-order valence-corrected chi connectivity index (χ0v) is 12.6. The van der Waals surface area contributed by atoms with Crippen LogP contribution in [0.1, 0.15) is 12.6 Å². The summed E-state index contributed by atoms with van der Waals surface area (Å²) in [5.74, 6) is -1.98. The van der Waals surface area contributed by atoms with Crippen molar-refractivity contribution in [2.24, 2.45) is 7.05 Å². The van der Waals surface area contributed by atoms with E-state index in [-0.39, 0.29) is 12.3 Å². The Morgan fingerprint density at radius 3 is 2.45 bits per heavy atom. The summed E-state index contributed by atoms with van der Waals surface area (Å²) < 4.78 is 7.63. The van der Waals surface area contributed by atoms with Crippen LogP contribution in [0, 0.1) is 6.92 Å². The highest BCUT2D eigenvalue weighted by Gasteiger charge is 2.22. The molecule has 0 spiro atoms. The maximum atomic E-state index is 12.5. The molecule has 0 bridgehead atoms. The molecule has 1 amide bonds. The monoisotopic (exact) mass is 303 g/mol. The molecule has 7 heteroatoms. The second-order valence-electron chi connectivity index (χ2n) is 4.61. The quantitative estimate of drug-likeness (QED) is 0.677. The molecular weight excluding hydrogens is 286 g/mol. The maximum absolute atomic E-state index is 12.5. The number of hydrogen-bond donors (Lipinski definition) is 1. The van der Waals surface area contributed by atoms with Gasteiger partial charge in [0.1, 0.15) is 5.69 Å². The van der Waals surface area contributed by atoms with E-state index in [0.29, 0.717) is 11.4 Å². The van der Waals surface area contributed by atoms with Gasteiger partial charge in [0.15, 0.2) is 0 Å². The average Bonchev–Trinajstić information content (AvgIpc) is 2.72. The fourth-order valence-electron chi connectivity index (χ4n) is 2.07. The van der Waals surface area contributed by atoms with Crippen molar-refractivity contribution in [3.8, 4) is 5.69 Å². The number of hydrogen-bond acceptors (Lipinski definition) is 4. The van der Waals surface area contributed by atoms with Gasteiger partial charge in [-0.15, -0.1) is 0 Å². The zero-order chi connectivity index (χ0) is 16.3. The molecule has 0 unspecified atom stereocenters. The number of amides is 1. The zero-order valence-electron chi connectivity index (χ0n) is 12.6. The second-order valence-corrected chi connectivity index (χ2v) is 4.61. The number of aromatic nitrogens is 2. The van der Waals surface area contributed by atoms with Crippen LogP contribution in [-0.4, -0.2) is 27.8 Å². The summed E-state index contributed by atoms with van der Waals surface area (Å²) in [6.45, 7) is 3.37. The Labute approximate surface area is 127 Å². The second kappa shape index (κ2) is 6.30. The lowest BCUT2D eigenvalue weighted by molar-refractivity contribution is -0.152. The van der Waals surface area contributed by atoms with E-state index in [1.54, 1.807) is 49.8 Å². The summed E-state index contributed by atoms with van der Waals surface area (Å²) in [7, 11) is 1.70. The number of rotatable bonds is 3. The molecular formula is C15H17N3O4. The maximum Gasteiger partial charge on any atom is 0.397 e. The first kappa shape index (κ1) is 15.6.